The fourth-order valence-electron chi connectivity index (χ4n) is 2.07. The van der Waals surface area contributed by atoms with Gasteiger partial charge in [-0.15, -0.1) is 0 Å². The largest absolute Gasteiger partial charge is 0.478 e. The van der Waals surface area contributed by atoms with E-state index in [9.17, 15) is 9.90 Å². The normalized spacial score (nSPS) is 10.4. The van der Waals surface area contributed by atoms with Crippen molar-refractivity contribution in [2.45, 2.75) is 40.5 Å². The fourth-order valence-corrected chi connectivity index (χ4v) is 2.07. The maximum Gasteiger partial charge on any atom is 0.339 e. The Balaban J connectivity index is 3.22. The first-order valence-electron chi connectivity index (χ1n) is 6.47. The third-order valence-electron chi connectivity index (χ3n) is 3.00. The summed E-state index contributed by atoms with van der Waals surface area (Å²) in [5, 5.41) is 9.34. The third kappa shape index (κ3) is 3.22. The van der Waals surface area contributed by atoms with Gasteiger partial charge in [-0.2, -0.15) is 0 Å². The molecule has 0 atom stereocenters. The Kier molecular flexibility index (Phi) is 5.13. The van der Waals surface area contributed by atoms with Gasteiger partial charge in [0.15, 0.2) is 0 Å². The van der Waals surface area contributed by atoms with Gasteiger partial charge in [0.25, 0.3) is 0 Å². The van der Waals surface area contributed by atoms with Crippen molar-refractivity contribution in [3.63, 3.8) is 0 Å². The predicted octanol–water partition coefficient (Wildman–Crippen LogP) is 3.02. The first-order valence-corrected chi connectivity index (χ1v) is 6.47. The Bertz CT molecular complexity index is 430. The molecule has 1 heterocycles. The summed E-state index contributed by atoms with van der Waals surface area (Å²) in [6.07, 6.45) is 2.13. The number of aryl methyl sites for hydroxylation is 2. The van der Waals surface area contributed by atoms with E-state index in [0.717, 1.165) is 37.2 Å². The van der Waals surface area contributed by atoms with E-state index < -0.39 is 5.97 Å². The number of aromatic carboxylic acids is 1. The minimum Gasteiger partial charge on any atom is -0.478 e. The van der Waals surface area contributed by atoms with Crippen LogP contribution in [-0.4, -0.2) is 29.1 Å². The summed E-state index contributed by atoms with van der Waals surface area (Å²) in [6, 6.07) is 1.82. The second-order valence-electron chi connectivity index (χ2n) is 4.52. The van der Waals surface area contributed by atoms with Crippen LogP contribution in [0.3, 0.4) is 0 Å². The molecule has 4 heteroatoms. The minimum absolute atomic E-state index is 0.332. The van der Waals surface area contributed by atoms with E-state index >= 15 is 0 Å². The molecule has 1 N–H and O–H groups in total. The Hall–Kier alpha value is -1.58. The highest BCUT2D eigenvalue weighted by Crippen LogP contribution is 2.23. The molecule has 0 aliphatic carbocycles. The number of carboxylic acid groups (broad SMARTS) is 1. The first-order chi connectivity index (χ1) is 8.51. The molecule has 0 bridgehead atoms. The lowest BCUT2D eigenvalue weighted by atomic mass is 10.1. The molecular weight excluding hydrogens is 228 g/mol. The lowest BCUT2D eigenvalue weighted by molar-refractivity contribution is 0.0696. The summed E-state index contributed by atoms with van der Waals surface area (Å²) < 4.78 is 0. The van der Waals surface area contributed by atoms with Gasteiger partial charge in [-0.05, 0) is 38.8 Å². The van der Waals surface area contributed by atoms with E-state index in [2.05, 4.69) is 11.9 Å². The highest BCUT2D eigenvalue weighted by molar-refractivity contribution is 5.95. The molecule has 0 spiro atoms. The molecule has 0 aliphatic heterocycles. The van der Waals surface area contributed by atoms with Gasteiger partial charge < -0.3 is 10.0 Å². The highest BCUT2D eigenvalue weighted by Gasteiger charge is 2.19. The van der Waals surface area contributed by atoms with Crippen LogP contribution in [0.5, 0.6) is 0 Å². The van der Waals surface area contributed by atoms with Crippen LogP contribution in [0.15, 0.2) is 6.07 Å². The molecule has 0 saturated heterocycles. The van der Waals surface area contributed by atoms with E-state index in [1.165, 1.54) is 0 Å². The van der Waals surface area contributed by atoms with Crippen LogP contribution in [0.25, 0.3) is 0 Å². The van der Waals surface area contributed by atoms with Crippen molar-refractivity contribution in [2.75, 3.05) is 18.0 Å². The number of rotatable bonds is 6. The van der Waals surface area contributed by atoms with Crippen LogP contribution < -0.4 is 4.90 Å². The van der Waals surface area contributed by atoms with Crippen LogP contribution in [0, 0.1) is 13.8 Å². The van der Waals surface area contributed by atoms with Crippen molar-refractivity contribution in [2.24, 2.45) is 0 Å². The molecule has 4 nitrogen and oxygen atoms in total. The van der Waals surface area contributed by atoms with Gasteiger partial charge in [0.2, 0.25) is 0 Å². The molecule has 100 valence electrons. The smallest absolute Gasteiger partial charge is 0.339 e. The Morgan fingerprint density at radius 3 is 2.56 bits per heavy atom. The fraction of sp³-hybridized carbons (Fsp3) is 0.571. The molecular formula is C14H22N2O2. The molecule has 0 saturated carbocycles. The van der Waals surface area contributed by atoms with E-state index in [0.29, 0.717) is 11.4 Å². The van der Waals surface area contributed by atoms with Gasteiger partial charge in [0.1, 0.15) is 11.4 Å². The maximum atomic E-state index is 11.4. The lowest BCUT2D eigenvalue weighted by Gasteiger charge is -2.24. The topological polar surface area (TPSA) is 53.4 Å². The van der Waals surface area contributed by atoms with Gasteiger partial charge in [0, 0.05) is 18.8 Å². The average molecular weight is 250 g/mol. The Morgan fingerprint density at radius 2 is 2.06 bits per heavy atom. The van der Waals surface area contributed by atoms with Gasteiger partial charge in [-0.1, -0.05) is 13.3 Å². The number of aromatic nitrogens is 1. The molecule has 0 radical (unpaired) electrons. The summed E-state index contributed by atoms with van der Waals surface area (Å²) in [6.45, 7) is 9.51. The van der Waals surface area contributed by atoms with Crippen LogP contribution in [-0.2, 0) is 0 Å². The van der Waals surface area contributed by atoms with E-state index in [-0.39, 0.29) is 0 Å². The first kappa shape index (κ1) is 14.5. The van der Waals surface area contributed by atoms with Crippen molar-refractivity contribution >= 4 is 11.8 Å². The van der Waals surface area contributed by atoms with Gasteiger partial charge in [0.05, 0.1) is 0 Å². The van der Waals surface area contributed by atoms with Crippen molar-refractivity contribution in [1.29, 1.82) is 0 Å². The summed E-state index contributed by atoms with van der Waals surface area (Å²) in [5.74, 6) is -0.291. The quantitative estimate of drug-likeness (QED) is 0.843. The Labute approximate surface area is 109 Å². The number of hydrogen-bond acceptors (Lipinski definition) is 3. The number of anilines is 1. The number of carbonyl (C=O) groups is 1. The molecule has 0 aromatic carbocycles. The van der Waals surface area contributed by atoms with E-state index in [4.69, 9.17) is 0 Å². The molecule has 18 heavy (non-hydrogen) atoms. The van der Waals surface area contributed by atoms with Crippen LogP contribution in [0.1, 0.15) is 48.3 Å². The van der Waals surface area contributed by atoms with Gasteiger partial charge in [-0.25, -0.2) is 9.78 Å². The third-order valence-corrected chi connectivity index (χ3v) is 3.00. The highest BCUT2D eigenvalue weighted by atomic mass is 16.4. The zero-order valence-electron chi connectivity index (χ0n) is 11.7. The molecule has 1 aromatic heterocycles. The van der Waals surface area contributed by atoms with Crippen LogP contribution >= 0.6 is 0 Å². The molecule has 1 rings (SSSR count). The van der Waals surface area contributed by atoms with Crippen molar-refractivity contribution < 1.29 is 9.90 Å². The minimum atomic E-state index is -0.898. The number of unbranched alkanes of at least 4 members (excludes halogenated alkanes) is 1. The molecule has 0 unspecified atom stereocenters. The average Bonchev–Trinajstić information content (AvgIpc) is 2.28. The van der Waals surface area contributed by atoms with Crippen molar-refractivity contribution in [3.05, 3.63) is 22.9 Å². The number of pyridine rings is 1. The van der Waals surface area contributed by atoms with Crippen molar-refractivity contribution in [3.8, 4) is 0 Å². The SMILES string of the molecule is CCCCN(CC)c1nc(C)cc(C)c1C(=O)O. The monoisotopic (exact) mass is 250 g/mol. The zero-order valence-corrected chi connectivity index (χ0v) is 11.7. The lowest BCUT2D eigenvalue weighted by Crippen LogP contribution is -2.27. The zero-order chi connectivity index (χ0) is 13.7. The standard InChI is InChI=1S/C14H22N2O2/c1-5-7-8-16(6-2)13-12(14(17)18)10(3)9-11(4)15-13/h9H,5-8H2,1-4H3,(H,17,18). The Morgan fingerprint density at radius 1 is 1.39 bits per heavy atom. The van der Waals surface area contributed by atoms with E-state index in [1.54, 1.807) is 0 Å². The van der Waals surface area contributed by atoms with E-state index in [1.807, 2.05) is 31.7 Å². The number of hydrogen-bond donors (Lipinski definition) is 1. The second-order valence-corrected chi connectivity index (χ2v) is 4.52. The number of nitrogens with zero attached hydrogens (tertiary/aromatic N) is 2. The molecule has 0 aliphatic rings. The summed E-state index contributed by atoms with van der Waals surface area (Å²) in [4.78, 5) is 17.9. The van der Waals surface area contributed by atoms with Crippen LogP contribution in [0.4, 0.5) is 5.82 Å². The predicted molar refractivity (Wildman–Crippen MR) is 73.5 cm³/mol. The van der Waals surface area contributed by atoms with Crippen molar-refractivity contribution in [1.82, 2.24) is 4.98 Å². The second kappa shape index (κ2) is 6.38. The van der Waals surface area contributed by atoms with Gasteiger partial charge >= 0.3 is 5.97 Å². The van der Waals surface area contributed by atoms with Gasteiger partial charge in [-0.3, -0.25) is 0 Å². The maximum absolute atomic E-state index is 11.4. The number of carboxylic acids is 1. The van der Waals surface area contributed by atoms with Crippen LogP contribution in [0.2, 0.25) is 0 Å². The summed E-state index contributed by atoms with van der Waals surface area (Å²) >= 11 is 0. The molecule has 1 aromatic rings. The summed E-state index contributed by atoms with van der Waals surface area (Å²) in [7, 11) is 0. The molecule has 0 fully saturated rings. The molecule has 0 amide bonds. The summed E-state index contributed by atoms with van der Waals surface area (Å²) in [5.41, 5.74) is 1.97.